The van der Waals surface area contributed by atoms with E-state index < -0.39 is 11.9 Å². The van der Waals surface area contributed by atoms with Crippen molar-refractivity contribution in [2.75, 3.05) is 33.2 Å². The number of aromatic nitrogens is 2. The summed E-state index contributed by atoms with van der Waals surface area (Å²) in [6.07, 6.45) is -2.59. The summed E-state index contributed by atoms with van der Waals surface area (Å²) in [4.78, 5) is 16.4. The maximum atomic E-state index is 12.7. The molecular formula is C14H19F3N4O. The highest BCUT2D eigenvalue weighted by Gasteiger charge is 2.44. The van der Waals surface area contributed by atoms with Crippen molar-refractivity contribution < 1.29 is 18.0 Å². The van der Waals surface area contributed by atoms with E-state index in [1.54, 1.807) is 4.90 Å². The number of hydrogen-bond donors (Lipinski definition) is 0. The van der Waals surface area contributed by atoms with Gasteiger partial charge in [-0.3, -0.25) is 9.48 Å². The van der Waals surface area contributed by atoms with Gasteiger partial charge in [-0.25, -0.2) is 0 Å². The average molecular weight is 316 g/mol. The fourth-order valence-corrected chi connectivity index (χ4v) is 3.57. The van der Waals surface area contributed by atoms with Crippen LogP contribution in [0.2, 0.25) is 0 Å². The normalized spacial score (nSPS) is 26.3. The number of rotatable bonds is 1. The second kappa shape index (κ2) is 4.97. The average Bonchev–Trinajstić information content (AvgIpc) is 3.09. The molecule has 3 heterocycles. The molecule has 122 valence electrons. The lowest BCUT2D eigenvalue weighted by molar-refractivity contribution is -0.141. The zero-order valence-corrected chi connectivity index (χ0v) is 12.7. The summed E-state index contributed by atoms with van der Waals surface area (Å²) < 4.78 is 39.1. The third-order valence-corrected chi connectivity index (χ3v) is 4.74. The van der Waals surface area contributed by atoms with Gasteiger partial charge in [-0.15, -0.1) is 0 Å². The molecule has 0 aliphatic carbocycles. The van der Waals surface area contributed by atoms with Gasteiger partial charge in [0, 0.05) is 38.2 Å². The van der Waals surface area contributed by atoms with Crippen LogP contribution in [-0.2, 0) is 13.2 Å². The van der Waals surface area contributed by atoms with Crippen molar-refractivity contribution in [3.8, 4) is 0 Å². The lowest BCUT2D eigenvalue weighted by Gasteiger charge is -2.23. The number of carbonyl (C=O) groups excluding carboxylic acids is 1. The molecule has 22 heavy (non-hydrogen) atoms. The molecule has 1 atom stereocenters. The van der Waals surface area contributed by atoms with Gasteiger partial charge in [0.15, 0.2) is 5.69 Å². The largest absolute Gasteiger partial charge is 0.435 e. The van der Waals surface area contributed by atoms with Crippen LogP contribution in [0.25, 0.3) is 0 Å². The predicted molar refractivity (Wildman–Crippen MR) is 73.3 cm³/mol. The Kier molecular flexibility index (Phi) is 3.47. The Morgan fingerprint density at radius 1 is 1.23 bits per heavy atom. The molecule has 1 amide bonds. The lowest BCUT2D eigenvalue weighted by atomic mass is 9.86. The van der Waals surface area contributed by atoms with Crippen LogP contribution in [0, 0.1) is 5.41 Å². The molecule has 0 bridgehead atoms. The molecule has 1 aromatic rings. The molecule has 5 nitrogen and oxygen atoms in total. The molecule has 2 aliphatic rings. The second-order valence-corrected chi connectivity index (χ2v) is 6.50. The number of amides is 1. The Balaban J connectivity index is 1.77. The van der Waals surface area contributed by atoms with Gasteiger partial charge >= 0.3 is 6.18 Å². The van der Waals surface area contributed by atoms with Crippen LogP contribution in [-0.4, -0.2) is 58.7 Å². The van der Waals surface area contributed by atoms with E-state index in [2.05, 4.69) is 17.0 Å². The Morgan fingerprint density at radius 3 is 2.45 bits per heavy atom. The maximum Gasteiger partial charge on any atom is 0.435 e. The van der Waals surface area contributed by atoms with Crippen LogP contribution < -0.4 is 0 Å². The van der Waals surface area contributed by atoms with Gasteiger partial charge in [0.05, 0.1) is 0 Å². The van der Waals surface area contributed by atoms with Crippen LogP contribution in [0.5, 0.6) is 0 Å². The summed E-state index contributed by atoms with van der Waals surface area (Å²) in [7, 11) is 3.42. The van der Waals surface area contributed by atoms with Gasteiger partial charge in [-0.2, -0.15) is 18.3 Å². The summed E-state index contributed by atoms with van der Waals surface area (Å²) in [5.41, 5.74) is -0.917. The molecule has 0 radical (unpaired) electrons. The zero-order valence-electron chi connectivity index (χ0n) is 12.7. The van der Waals surface area contributed by atoms with Gasteiger partial charge < -0.3 is 9.80 Å². The minimum absolute atomic E-state index is 0.00396. The highest BCUT2D eigenvalue weighted by atomic mass is 19.4. The van der Waals surface area contributed by atoms with E-state index in [0.717, 1.165) is 36.7 Å². The molecule has 2 saturated heterocycles. The van der Waals surface area contributed by atoms with E-state index in [9.17, 15) is 18.0 Å². The van der Waals surface area contributed by atoms with Crippen molar-refractivity contribution in [3.63, 3.8) is 0 Å². The highest BCUT2D eigenvalue weighted by molar-refractivity contribution is 5.93. The molecule has 0 saturated carbocycles. The number of halogens is 3. The van der Waals surface area contributed by atoms with Crippen LogP contribution in [0.3, 0.4) is 0 Å². The molecule has 0 N–H and O–H groups in total. The molecule has 2 aliphatic heterocycles. The Morgan fingerprint density at radius 2 is 1.91 bits per heavy atom. The van der Waals surface area contributed by atoms with E-state index >= 15 is 0 Å². The number of nitrogens with zero attached hydrogens (tertiary/aromatic N) is 4. The van der Waals surface area contributed by atoms with E-state index in [4.69, 9.17) is 0 Å². The summed E-state index contributed by atoms with van der Waals surface area (Å²) in [6, 6.07) is 0.841. The third-order valence-electron chi connectivity index (χ3n) is 4.74. The maximum absolute atomic E-state index is 12.7. The molecule has 1 spiro atoms. The smallest absolute Gasteiger partial charge is 0.337 e. The fraction of sp³-hybridized carbons (Fsp3) is 0.714. The number of hydrogen-bond acceptors (Lipinski definition) is 3. The quantitative estimate of drug-likeness (QED) is 0.790. The standard InChI is InChI=1S/C14H19F3N4O/c1-19-5-3-13(8-19)4-6-21(9-13)12(22)10-7-11(14(15,16)17)18-20(10)2/h7H,3-6,8-9H2,1-2H3. The molecule has 3 rings (SSSR count). The van der Waals surface area contributed by atoms with Crippen LogP contribution >= 0.6 is 0 Å². The SMILES string of the molecule is CN1CCC2(CCN(C(=O)c3cc(C(F)(F)F)nn3C)C2)C1. The molecule has 8 heteroatoms. The lowest BCUT2D eigenvalue weighted by Crippen LogP contribution is -2.34. The van der Waals surface area contributed by atoms with Crippen molar-refractivity contribution in [3.05, 3.63) is 17.5 Å². The topological polar surface area (TPSA) is 41.4 Å². The first-order valence-electron chi connectivity index (χ1n) is 7.29. The zero-order chi connectivity index (χ0) is 16.1. The number of alkyl halides is 3. The van der Waals surface area contributed by atoms with Crippen molar-refractivity contribution in [1.82, 2.24) is 19.6 Å². The monoisotopic (exact) mass is 316 g/mol. The number of aryl methyl sites for hydroxylation is 1. The van der Waals surface area contributed by atoms with E-state index in [1.165, 1.54) is 7.05 Å². The Labute approximate surface area is 126 Å². The highest BCUT2D eigenvalue weighted by Crippen LogP contribution is 2.39. The molecule has 0 aromatic carbocycles. The predicted octanol–water partition coefficient (Wildman–Crippen LogP) is 1.61. The molecule has 2 fully saturated rings. The molecule has 1 unspecified atom stereocenters. The summed E-state index contributed by atoms with van der Waals surface area (Å²) >= 11 is 0. The molecular weight excluding hydrogens is 297 g/mol. The Hall–Kier alpha value is -1.57. The van der Waals surface area contributed by atoms with E-state index in [0.29, 0.717) is 13.1 Å². The van der Waals surface area contributed by atoms with E-state index in [1.807, 2.05) is 0 Å². The van der Waals surface area contributed by atoms with Crippen molar-refractivity contribution >= 4 is 5.91 Å². The second-order valence-electron chi connectivity index (χ2n) is 6.50. The fourth-order valence-electron chi connectivity index (χ4n) is 3.57. The van der Waals surface area contributed by atoms with Crippen molar-refractivity contribution in [2.24, 2.45) is 12.5 Å². The van der Waals surface area contributed by atoms with Gasteiger partial charge in [0.25, 0.3) is 5.91 Å². The van der Waals surface area contributed by atoms with Gasteiger partial charge in [-0.05, 0) is 26.4 Å². The minimum atomic E-state index is -4.53. The van der Waals surface area contributed by atoms with Crippen LogP contribution in [0.1, 0.15) is 29.0 Å². The van der Waals surface area contributed by atoms with Crippen molar-refractivity contribution in [1.29, 1.82) is 0 Å². The number of carbonyl (C=O) groups is 1. The van der Waals surface area contributed by atoms with Crippen molar-refractivity contribution in [2.45, 2.75) is 19.0 Å². The first kappa shape index (κ1) is 15.3. The van der Waals surface area contributed by atoms with Gasteiger partial charge in [0.1, 0.15) is 5.69 Å². The van der Waals surface area contributed by atoms with Crippen LogP contribution in [0.4, 0.5) is 13.2 Å². The van der Waals surface area contributed by atoms with Crippen LogP contribution in [0.15, 0.2) is 6.07 Å². The summed E-state index contributed by atoms with van der Waals surface area (Å²) in [6.45, 7) is 3.16. The van der Waals surface area contributed by atoms with E-state index in [-0.39, 0.29) is 17.0 Å². The summed E-state index contributed by atoms with van der Waals surface area (Å²) in [5.74, 6) is -0.364. The molecule has 1 aromatic heterocycles. The number of likely N-dealkylation sites (tertiary alicyclic amines) is 2. The first-order chi connectivity index (χ1) is 10.2. The first-order valence-corrected chi connectivity index (χ1v) is 7.29. The third kappa shape index (κ3) is 2.60. The Bertz CT molecular complexity index is 597. The summed E-state index contributed by atoms with van der Waals surface area (Å²) in [5, 5.41) is 3.41. The van der Waals surface area contributed by atoms with Gasteiger partial charge in [-0.1, -0.05) is 0 Å². The minimum Gasteiger partial charge on any atom is -0.337 e. The van der Waals surface area contributed by atoms with Gasteiger partial charge in [0.2, 0.25) is 0 Å².